The molecular formula is C12H25NO2S. The van der Waals surface area contributed by atoms with Crippen LogP contribution >= 0.6 is 11.8 Å². The van der Waals surface area contributed by atoms with Crippen LogP contribution in [0, 0.1) is 0 Å². The highest BCUT2D eigenvalue weighted by Gasteiger charge is 2.24. The molecule has 3 nitrogen and oxygen atoms in total. The van der Waals surface area contributed by atoms with Crippen LogP contribution in [0.25, 0.3) is 0 Å². The number of hydrogen-bond donors (Lipinski definition) is 2. The van der Waals surface area contributed by atoms with E-state index in [0.29, 0.717) is 12.2 Å². The molecule has 16 heavy (non-hydrogen) atoms. The Labute approximate surface area is 103 Å². The molecule has 0 saturated carbocycles. The molecule has 0 aromatic heterocycles. The molecule has 2 N–H and O–H groups in total. The van der Waals surface area contributed by atoms with Crippen LogP contribution in [0.15, 0.2) is 0 Å². The minimum atomic E-state index is -0.274. The molecule has 0 aliphatic rings. The lowest BCUT2D eigenvalue weighted by atomic mass is 9.95. The molecule has 0 rings (SSSR count). The van der Waals surface area contributed by atoms with Gasteiger partial charge in [0.2, 0.25) is 5.91 Å². The lowest BCUT2D eigenvalue weighted by molar-refractivity contribution is -0.120. The van der Waals surface area contributed by atoms with Crippen LogP contribution in [0.4, 0.5) is 0 Å². The van der Waals surface area contributed by atoms with Crippen molar-refractivity contribution < 1.29 is 9.90 Å². The summed E-state index contributed by atoms with van der Waals surface area (Å²) in [5.74, 6) is 0.530. The van der Waals surface area contributed by atoms with Gasteiger partial charge in [-0.25, -0.2) is 0 Å². The molecule has 0 fully saturated rings. The van der Waals surface area contributed by atoms with E-state index in [1.807, 2.05) is 13.8 Å². The highest BCUT2D eigenvalue weighted by Crippen LogP contribution is 2.23. The molecule has 0 aromatic rings. The van der Waals surface area contributed by atoms with Gasteiger partial charge in [0.1, 0.15) is 0 Å². The summed E-state index contributed by atoms with van der Waals surface area (Å²) >= 11 is 1.64. The number of nitrogens with one attached hydrogen (secondary N) is 1. The molecule has 0 bridgehead atoms. The predicted octanol–water partition coefficient (Wildman–Crippen LogP) is 2.19. The Morgan fingerprint density at radius 1 is 1.31 bits per heavy atom. The Bertz CT molecular complexity index is 226. The lowest BCUT2D eigenvalue weighted by Crippen LogP contribution is -2.47. The maximum atomic E-state index is 11.7. The van der Waals surface area contributed by atoms with Gasteiger partial charge in [-0.05, 0) is 19.8 Å². The molecule has 0 aliphatic carbocycles. The third-order valence-corrected chi connectivity index (χ3v) is 3.79. The number of aliphatic hydroxyl groups is 1. The van der Waals surface area contributed by atoms with Gasteiger partial charge in [-0.2, -0.15) is 0 Å². The van der Waals surface area contributed by atoms with Crippen molar-refractivity contribution in [1.82, 2.24) is 5.32 Å². The highest BCUT2D eigenvalue weighted by molar-refractivity contribution is 8.01. The second kappa shape index (κ2) is 6.50. The maximum Gasteiger partial charge on any atom is 0.230 e. The fraction of sp³-hybridized carbons (Fsp3) is 0.917. The zero-order valence-electron chi connectivity index (χ0n) is 11.1. The SMILES string of the molecule is CCC(C)(CCO)NC(=O)CSC(C)(C)C. The fourth-order valence-electron chi connectivity index (χ4n) is 1.23. The third kappa shape index (κ3) is 7.12. The number of carbonyl (C=O) groups is 1. The fourth-order valence-corrected chi connectivity index (χ4v) is 1.87. The molecule has 1 unspecified atom stereocenters. The molecular weight excluding hydrogens is 222 g/mol. The van der Waals surface area contributed by atoms with E-state index in [2.05, 4.69) is 26.1 Å². The van der Waals surface area contributed by atoms with E-state index in [0.717, 1.165) is 6.42 Å². The van der Waals surface area contributed by atoms with Crippen molar-refractivity contribution in [2.45, 2.75) is 57.7 Å². The molecule has 0 radical (unpaired) electrons. The van der Waals surface area contributed by atoms with Crippen LogP contribution in [0.5, 0.6) is 0 Å². The van der Waals surface area contributed by atoms with E-state index < -0.39 is 0 Å². The van der Waals surface area contributed by atoms with Crippen molar-refractivity contribution in [2.75, 3.05) is 12.4 Å². The first-order valence-corrected chi connectivity index (χ1v) is 6.77. The Hall–Kier alpha value is -0.220. The normalized spacial score (nSPS) is 15.6. The minimum absolute atomic E-state index is 0.0534. The standard InChI is InChI=1S/C12H25NO2S/c1-6-12(5,7-8-14)13-10(15)9-16-11(2,3)4/h14H,6-9H2,1-5H3,(H,13,15). The van der Waals surface area contributed by atoms with Crippen LogP contribution in [-0.4, -0.2) is 33.7 Å². The smallest absolute Gasteiger partial charge is 0.230 e. The number of hydrogen-bond acceptors (Lipinski definition) is 3. The third-order valence-electron chi connectivity index (χ3n) is 2.52. The highest BCUT2D eigenvalue weighted by atomic mass is 32.2. The summed E-state index contributed by atoms with van der Waals surface area (Å²) in [4.78, 5) is 11.7. The van der Waals surface area contributed by atoms with Gasteiger partial charge < -0.3 is 10.4 Å². The zero-order chi connectivity index (χ0) is 12.8. The van der Waals surface area contributed by atoms with E-state index in [1.165, 1.54) is 0 Å². The van der Waals surface area contributed by atoms with E-state index in [1.54, 1.807) is 11.8 Å². The molecule has 96 valence electrons. The average molecular weight is 247 g/mol. The first-order valence-electron chi connectivity index (χ1n) is 5.78. The molecule has 0 spiro atoms. The maximum absolute atomic E-state index is 11.7. The monoisotopic (exact) mass is 247 g/mol. The quantitative estimate of drug-likeness (QED) is 0.756. The summed E-state index contributed by atoms with van der Waals surface area (Å²) in [5.41, 5.74) is -0.274. The van der Waals surface area contributed by atoms with Gasteiger partial charge in [-0.15, -0.1) is 11.8 Å². The second-order valence-corrected chi connectivity index (χ2v) is 7.14. The van der Waals surface area contributed by atoms with Gasteiger partial charge in [0.25, 0.3) is 0 Å². The Kier molecular flexibility index (Phi) is 6.41. The van der Waals surface area contributed by atoms with Crippen LogP contribution in [0.1, 0.15) is 47.5 Å². The summed E-state index contributed by atoms with van der Waals surface area (Å²) < 4.78 is 0.108. The Balaban J connectivity index is 4.11. The lowest BCUT2D eigenvalue weighted by Gasteiger charge is -2.29. The van der Waals surface area contributed by atoms with Gasteiger partial charge in [-0.3, -0.25) is 4.79 Å². The Morgan fingerprint density at radius 2 is 1.88 bits per heavy atom. The summed E-state index contributed by atoms with van der Waals surface area (Å²) in [6.45, 7) is 10.4. The van der Waals surface area contributed by atoms with Crippen LogP contribution in [0.3, 0.4) is 0 Å². The summed E-state index contributed by atoms with van der Waals surface area (Å²) in [5, 5.41) is 11.9. The molecule has 0 aliphatic heterocycles. The number of aliphatic hydroxyl groups excluding tert-OH is 1. The molecule has 0 aromatic carbocycles. The summed E-state index contributed by atoms with van der Waals surface area (Å²) in [7, 11) is 0. The van der Waals surface area contributed by atoms with E-state index in [9.17, 15) is 4.79 Å². The van der Waals surface area contributed by atoms with Crippen LogP contribution < -0.4 is 5.32 Å². The summed E-state index contributed by atoms with van der Waals surface area (Å²) in [6, 6.07) is 0. The molecule has 4 heteroatoms. The van der Waals surface area contributed by atoms with E-state index in [4.69, 9.17) is 5.11 Å². The van der Waals surface area contributed by atoms with Gasteiger partial charge in [0.15, 0.2) is 0 Å². The minimum Gasteiger partial charge on any atom is -0.396 e. The number of amides is 1. The average Bonchev–Trinajstić information content (AvgIpc) is 2.14. The van der Waals surface area contributed by atoms with Crippen molar-refractivity contribution in [3.8, 4) is 0 Å². The Morgan fingerprint density at radius 3 is 2.25 bits per heavy atom. The van der Waals surface area contributed by atoms with Crippen LogP contribution in [0.2, 0.25) is 0 Å². The first kappa shape index (κ1) is 15.8. The van der Waals surface area contributed by atoms with Crippen molar-refractivity contribution in [1.29, 1.82) is 0 Å². The van der Waals surface area contributed by atoms with E-state index >= 15 is 0 Å². The largest absolute Gasteiger partial charge is 0.396 e. The number of carbonyl (C=O) groups excluding carboxylic acids is 1. The van der Waals surface area contributed by atoms with Crippen molar-refractivity contribution >= 4 is 17.7 Å². The van der Waals surface area contributed by atoms with Crippen molar-refractivity contribution in [3.05, 3.63) is 0 Å². The van der Waals surface area contributed by atoms with Crippen molar-refractivity contribution in [2.24, 2.45) is 0 Å². The van der Waals surface area contributed by atoms with Gasteiger partial charge in [0, 0.05) is 16.9 Å². The van der Waals surface area contributed by atoms with Crippen LogP contribution in [-0.2, 0) is 4.79 Å². The topological polar surface area (TPSA) is 49.3 Å². The van der Waals surface area contributed by atoms with Gasteiger partial charge in [-0.1, -0.05) is 27.7 Å². The van der Waals surface area contributed by atoms with Gasteiger partial charge >= 0.3 is 0 Å². The molecule has 0 saturated heterocycles. The zero-order valence-corrected chi connectivity index (χ0v) is 11.9. The molecule has 0 heterocycles. The number of thioether (sulfide) groups is 1. The van der Waals surface area contributed by atoms with E-state index in [-0.39, 0.29) is 22.8 Å². The van der Waals surface area contributed by atoms with Gasteiger partial charge in [0.05, 0.1) is 5.75 Å². The predicted molar refractivity (Wildman–Crippen MR) is 70.8 cm³/mol. The second-order valence-electron chi connectivity index (χ2n) is 5.34. The first-order chi connectivity index (χ1) is 7.22. The summed E-state index contributed by atoms with van der Waals surface area (Å²) in [6.07, 6.45) is 1.44. The molecule has 1 atom stereocenters. The number of rotatable bonds is 6. The molecule has 1 amide bonds. The van der Waals surface area contributed by atoms with Crippen molar-refractivity contribution in [3.63, 3.8) is 0 Å².